The van der Waals surface area contributed by atoms with Crippen LogP contribution in [0.4, 0.5) is 0 Å². The molecule has 106 valence electrons. The molecule has 0 bridgehead atoms. The van der Waals surface area contributed by atoms with E-state index in [-0.39, 0.29) is 18.5 Å². The highest BCUT2D eigenvalue weighted by Crippen LogP contribution is 2.27. The van der Waals surface area contributed by atoms with E-state index in [0.717, 1.165) is 17.7 Å². The molecule has 2 atom stereocenters. The lowest BCUT2D eigenvalue weighted by atomic mass is 10.0. The lowest BCUT2D eigenvalue weighted by molar-refractivity contribution is -0.137. The summed E-state index contributed by atoms with van der Waals surface area (Å²) in [6.45, 7) is 4.12. The van der Waals surface area contributed by atoms with Crippen LogP contribution in [0, 0.1) is 0 Å². The maximum absolute atomic E-state index is 10.6. The van der Waals surface area contributed by atoms with Gasteiger partial charge in [-0.15, -0.1) is 0 Å². The van der Waals surface area contributed by atoms with E-state index < -0.39 is 5.97 Å². The number of hydrogen-bond acceptors (Lipinski definition) is 3. The summed E-state index contributed by atoms with van der Waals surface area (Å²) in [5.41, 5.74) is 1.12. The second-order valence-electron chi connectivity index (χ2n) is 4.70. The molecule has 1 rings (SSSR count). The van der Waals surface area contributed by atoms with Crippen molar-refractivity contribution in [2.45, 2.75) is 45.2 Å². The fourth-order valence-corrected chi connectivity index (χ4v) is 2.15. The zero-order valence-electron chi connectivity index (χ0n) is 11.8. The number of benzene rings is 1. The Balaban J connectivity index is 2.69. The van der Waals surface area contributed by atoms with Gasteiger partial charge in [-0.1, -0.05) is 25.1 Å². The van der Waals surface area contributed by atoms with Crippen molar-refractivity contribution >= 4 is 5.97 Å². The van der Waals surface area contributed by atoms with Gasteiger partial charge in [-0.2, -0.15) is 0 Å². The van der Waals surface area contributed by atoms with Gasteiger partial charge in [0.1, 0.15) is 5.75 Å². The molecular weight excluding hydrogens is 242 g/mol. The minimum Gasteiger partial charge on any atom is -0.496 e. The van der Waals surface area contributed by atoms with Crippen LogP contribution < -0.4 is 10.1 Å². The molecule has 0 heterocycles. The zero-order chi connectivity index (χ0) is 14.3. The molecule has 2 unspecified atom stereocenters. The molecule has 0 radical (unpaired) electrons. The topological polar surface area (TPSA) is 58.6 Å². The van der Waals surface area contributed by atoms with E-state index in [1.54, 1.807) is 7.11 Å². The summed E-state index contributed by atoms with van der Waals surface area (Å²) >= 11 is 0. The Bertz CT molecular complexity index is 406. The second-order valence-corrected chi connectivity index (χ2v) is 4.70. The number of ether oxygens (including phenoxy) is 1. The zero-order valence-corrected chi connectivity index (χ0v) is 11.8. The molecule has 0 fully saturated rings. The Kier molecular flexibility index (Phi) is 6.36. The standard InChI is InChI=1S/C15H23NO3/c1-4-13(16-11(2)9-10-15(17)18)12-7-5-6-8-14(12)19-3/h5-8,11,13,16H,4,9-10H2,1-3H3,(H,17,18). The van der Waals surface area contributed by atoms with Crippen molar-refractivity contribution in [2.75, 3.05) is 7.11 Å². The van der Waals surface area contributed by atoms with Crippen LogP contribution >= 0.6 is 0 Å². The van der Waals surface area contributed by atoms with Crippen LogP contribution in [0.25, 0.3) is 0 Å². The van der Waals surface area contributed by atoms with E-state index in [2.05, 4.69) is 12.2 Å². The Labute approximate surface area is 114 Å². The van der Waals surface area contributed by atoms with Crippen LogP contribution in [-0.2, 0) is 4.79 Å². The summed E-state index contributed by atoms with van der Waals surface area (Å²) in [5.74, 6) is 0.117. The molecule has 19 heavy (non-hydrogen) atoms. The maximum atomic E-state index is 10.6. The average Bonchev–Trinajstić information content (AvgIpc) is 2.42. The number of carboxylic acid groups (broad SMARTS) is 1. The molecule has 0 spiro atoms. The molecule has 0 aliphatic carbocycles. The van der Waals surface area contributed by atoms with Crippen molar-refractivity contribution in [1.29, 1.82) is 0 Å². The third-order valence-electron chi connectivity index (χ3n) is 3.20. The Morgan fingerprint density at radius 2 is 2.11 bits per heavy atom. The van der Waals surface area contributed by atoms with Crippen molar-refractivity contribution in [3.63, 3.8) is 0 Å². The van der Waals surface area contributed by atoms with Gasteiger partial charge in [-0.25, -0.2) is 0 Å². The molecule has 0 saturated carbocycles. The van der Waals surface area contributed by atoms with Crippen LogP contribution in [0.2, 0.25) is 0 Å². The Morgan fingerprint density at radius 3 is 2.68 bits per heavy atom. The third-order valence-corrected chi connectivity index (χ3v) is 3.20. The fourth-order valence-electron chi connectivity index (χ4n) is 2.15. The first-order valence-corrected chi connectivity index (χ1v) is 6.69. The lowest BCUT2D eigenvalue weighted by Gasteiger charge is -2.24. The fraction of sp³-hybridized carbons (Fsp3) is 0.533. The third kappa shape index (κ3) is 4.91. The highest BCUT2D eigenvalue weighted by molar-refractivity contribution is 5.66. The van der Waals surface area contributed by atoms with Crippen LogP contribution in [-0.4, -0.2) is 24.2 Å². The van der Waals surface area contributed by atoms with E-state index in [1.165, 1.54) is 0 Å². The summed E-state index contributed by atoms with van der Waals surface area (Å²) in [6.07, 6.45) is 1.75. The second kappa shape index (κ2) is 7.79. The maximum Gasteiger partial charge on any atom is 0.303 e. The van der Waals surface area contributed by atoms with E-state index in [1.807, 2.05) is 31.2 Å². The number of methoxy groups -OCH3 is 1. The number of rotatable bonds is 8. The summed E-state index contributed by atoms with van der Waals surface area (Å²) in [7, 11) is 1.67. The molecular formula is C15H23NO3. The summed E-state index contributed by atoms with van der Waals surface area (Å²) in [6, 6.07) is 8.27. The molecule has 2 N–H and O–H groups in total. The van der Waals surface area contributed by atoms with E-state index in [9.17, 15) is 4.79 Å². The average molecular weight is 265 g/mol. The van der Waals surface area contributed by atoms with Gasteiger partial charge in [0, 0.05) is 24.1 Å². The summed E-state index contributed by atoms with van der Waals surface area (Å²) in [5, 5.41) is 12.2. The number of hydrogen-bond donors (Lipinski definition) is 2. The number of aliphatic carboxylic acids is 1. The van der Waals surface area contributed by atoms with Gasteiger partial charge in [-0.3, -0.25) is 4.79 Å². The van der Waals surface area contributed by atoms with Crippen molar-refractivity contribution in [3.8, 4) is 5.75 Å². The lowest BCUT2D eigenvalue weighted by Crippen LogP contribution is -2.31. The molecule has 0 aromatic heterocycles. The van der Waals surface area contributed by atoms with Gasteiger partial charge in [-0.05, 0) is 25.8 Å². The minimum atomic E-state index is -0.751. The first kappa shape index (κ1) is 15.5. The molecule has 0 aliphatic heterocycles. The molecule has 4 nitrogen and oxygen atoms in total. The van der Waals surface area contributed by atoms with Gasteiger partial charge >= 0.3 is 5.97 Å². The van der Waals surface area contributed by atoms with Crippen LogP contribution in [0.5, 0.6) is 5.75 Å². The van der Waals surface area contributed by atoms with E-state index in [4.69, 9.17) is 9.84 Å². The number of para-hydroxylation sites is 1. The van der Waals surface area contributed by atoms with Crippen LogP contribution in [0.3, 0.4) is 0 Å². The summed E-state index contributed by atoms with van der Waals surface area (Å²) < 4.78 is 5.37. The van der Waals surface area contributed by atoms with Gasteiger partial charge < -0.3 is 15.2 Å². The summed E-state index contributed by atoms with van der Waals surface area (Å²) in [4.78, 5) is 10.6. The van der Waals surface area contributed by atoms with E-state index >= 15 is 0 Å². The SMILES string of the molecule is CCC(NC(C)CCC(=O)O)c1ccccc1OC. The first-order chi connectivity index (χ1) is 9.08. The normalized spacial score (nSPS) is 13.8. The predicted octanol–water partition coefficient (Wildman–Crippen LogP) is 2.99. The van der Waals surface area contributed by atoms with Gasteiger partial charge in [0.25, 0.3) is 0 Å². The Morgan fingerprint density at radius 1 is 1.42 bits per heavy atom. The van der Waals surface area contributed by atoms with Gasteiger partial charge in [0.05, 0.1) is 7.11 Å². The predicted molar refractivity (Wildman–Crippen MR) is 75.5 cm³/mol. The van der Waals surface area contributed by atoms with Crippen molar-refractivity contribution < 1.29 is 14.6 Å². The molecule has 0 saturated heterocycles. The number of carbonyl (C=O) groups is 1. The van der Waals surface area contributed by atoms with E-state index in [0.29, 0.717) is 6.42 Å². The smallest absolute Gasteiger partial charge is 0.303 e. The van der Waals surface area contributed by atoms with Gasteiger partial charge in [0.2, 0.25) is 0 Å². The monoisotopic (exact) mass is 265 g/mol. The number of carboxylic acids is 1. The molecule has 4 heteroatoms. The molecule has 0 amide bonds. The van der Waals surface area contributed by atoms with Crippen LogP contribution in [0.1, 0.15) is 44.7 Å². The minimum absolute atomic E-state index is 0.158. The Hall–Kier alpha value is -1.55. The molecule has 1 aromatic carbocycles. The van der Waals surface area contributed by atoms with Crippen LogP contribution in [0.15, 0.2) is 24.3 Å². The number of nitrogens with one attached hydrogen (secondary N) is 1. The highest BCUT2D eigenvalue weighted by Gasteiger charge is 2.16. The van der Waals surface area contributed by atoms with Crippen molar-refractivity contribution in [2.24, 2.45) is 0 Å². The first-order valence-electron chi connectivity index (χ1n) is 6.69. The molecule has 1 aromatic rings. The molecule has 0 aliphatic rings. The van der Waals surface area contributed by atoms with Crippen molar-refractivity contribution in [1.82, 2.24) is 5.32 Å². The largest absolute Gasteiger partial charge is 0.496 e. The van der Waals surface area contributed by atoms with Gasteiger partial charge in [0.15, 0.2) is 0 Å². The van der Waals surface area contributed by atoms with Crippen molar-refractivity contribution in [3.05, 3.63) is 29.8 Å². The highest BCUT2D eigenvalue weighted by atomic mass is 16.5. The quantitative estimate of drug-likeness (QED) is 0.758.